The van der Waals surface area contributed by atoms with Crippen LogP contribution in [0.25, 0.3) is 0 Å². The normalized spacial score (nSPS) is 10.4. The molecule has 0 bridgehead atoms. The summed E-state index contributed by atoms with van der Waals surface area (Å²) < 4.78 is 0. The minimum atomic E-state index is -0.545. The van der Waals surface area contributed by atoms with Crippen molar-refractivity contribution < 1.29 is 4.79 Å². The van der Waals surface area contributed by atoms with E-state index in [1.165, 1.54) is 5.56 Å². The van der Waals surface area contributed by atoms with Crippen LogP contribution < -0.4 is 11.1 Å². The van der Waals surface area contributed by atoms with Gasteiger partial charge in [0.15, 0.2) is 11.5 Å². The Balaban J connectivity index is 1.99. The van der Waals surface area contributed by atoms with Gasteiger partial charge in [-0.2, -0.15) is 0 Å². The van der Waals surface area contributed by atoms with Crippen LogP contribution in [0.4, 0.5) is 5.82 Å². The predicted octanol–water partition coefficient (Wildman–Crippen LogP) is 2.57. The Morgan fingerprint density at radius 3 is 2.68 bits per heavy atom. The molecule has 0 aliphatic carbocycles. The van der Waals surface area contributed by atoms with Crippen LogP contribution in [0.1, 0.15) is 41.5 Å². The van der Waals surface area contributed by atoms with E-state index in [4.69, 9.17) is 5.73 Å². The highest BCUT2D eigenvalue weighted by Crippen LogP contribution is 2.12. The Labute approximate surface area is 131 Å². The largest absolute Gasteiger partial charge is 0.368 e. The van der Waals surface area contributed by atoms with Crippen LogP contribution in [0.3, 0.4) is 0 Å². The van der Waals surface area contributed by atoms with Crippen molar-refractivity contribution in [2.45, 2.75) is 32.6 Å². The van der Waals surface area contributed by atoms with Crippen LogP contribution in [-0.4, -0.2) is 22.4 Å². The lowest BCUT2D eigenvalue weighted by Gasteiger charge is -2.09. The summed E-state index contributed by atoms with van der Waals surface area (Å²) in [6.45, 7) is 2.78. The summed E-state index contributed by atoms with van der Waals surface area (Å²) >= 11 is 0. The van der Waals surface area contributed by atoms with E-state index < -0.39 is 5.91 Å². The van der Waals surface area contributed by atoms with Gasteiger partial charge in [0.2, 0.25) is 0 Å². The number of nitrogens with zero attached hydrogens (tertiary/aromatic N) is 2. The summed E-state index contributed by atoms with van der Waals surface area (Å²) in [6.07, 6.45) is 5.37. The van der Waals surface area contributed by atoms with Crippen molar-refractivity contribution in [3.63, 3.8) is 0 Å². The molecule has 1 amide bonds. The molecule has 1 aromatic carbocycles. The van der Waals surface area contributed by atoms with Crippen molar-refractivity contribution in [2.75, 3.05) is 11.9 Å². The third kappa shape index (κ3) is 4.55. The zero-order valence-corrected chi connectivity index (χ0v) is 12.9. The van der Waals surface area contributed by atoms with Gasteiger partial charge in [-0.1, -0.05) is 37.3 Å². The zero-order valence-electron chi connectivity index (χ0n) is 12.9. The summed E-state index contributed by atoms with van der Waals surface area (Å²) in [5.41, 5.74) is 7.72. The van der Waals surface area contributed by atoms with Crippen molar-refractivity contribution in [1.82, 2.24) is 9.97 Å². The quantitative estimate of drug-likeness (QED) is 0.785. The van der Waals surface area contributed by atoms with Gasteiger partial charge < -0.3 is 11.1 Å². The Bertz CT molecular complexity index is 613. The number of benzene rings is 1. The summed E-state index contributed by atoms with van der Waals surface area (Å²) in [5.74, 6) is -0.0721. The Morgan fingerprint density at radius 2 is 2.00 bits per heavy atom. The van der Waals surface area contributed by atoms with E-state index in [0.717, 1.165) is 37.9 Å². The standard InChI is InChI=1S/C17H22N4O/c1-2-11-19-17-15(16(18)22)21-14(12-20-17)10-6-9-13-7-4-3-5-8-13/h3-5,7-8,12H,2,6,9-11H2,1H3,(H2,18,22)(H,19,20). The van der Waals surface area contributed by atoms with Crippen molar-refractivity contribution in [2.24, 2.45) is 5.73 Å². The summed E-state index contributed by atoms with van der Waals surface area (Å²) in [4.78, 5) is 20.2. The molecular formula is C17H22N4O. The number of amides is 1. The number of carbonyl (C=O) groups is 1. The molecule has 0 aliphatic heterocycles. The van der Waals surface area contributed by atoms with Crippen molar-refractivity contribution in [3.05, 3.63) is 53.5 Å². The van der Waals surface area contributed by atoms with E-state index in [0.29, 0.717) is 5.82 Å². The first-order valence-corrected chi connectivity index (χ1v) is 7.64. The molecule has 0 saturated heterocycles. The number of hydrogen-bond acceptors (Lipinski definition) is 4. The van der Waals surface area contributed by atoms with Crippen molar-refractivity contribution in [1.29, 1.82) is 0 Å². The summed E-state index contributed by atoms with van der Waals surface area (Å²) in [7, 11) is 0. The Morgan fingerprint density at radius 1 is 1.23 bits per heavy atom. The fraction of sp³-hybridized carbons (Fsp3) is 0.353. The molecule has 0 spiro atoms. The van der Waals surface area contributed by atoms with E-state index in [1.54, 1.807) is 6.20 Å². The molecule has 1 aromatic heterocycles. The topological polar surface area (TPSA) is 80.9 Å². The monoisotopic (exact) mass is 298 g/mol. The van der Waals surface area contributed by atoms with Crippen LogP contribution in [-0.2, 0) is 12.8 Å². The molecule has 22 heavy (non-hydrogen) atoms. The molecule has 0 radical (unpaired) electrons. The molecule has 0 atom stereocenters. The lowest BCUT2D eigenvalue weighted by molar-refractivity contribution is 0.0996. The predicted molar refractivity (Wildman–Crippen MR) is 87.8 cm³/mol. The van der Waals surface area contributed by atoms with Gasteiger partial charge in [0.1, 0.15) is 0 Å². The molecule has 5 nitrogen and oxygen atoms in total. The van der Waals surface area contributed by atoms with Crippen LogP contribution in [0.2, 0.25) is 0 Å². The minimum Gasteiger partial charge on any atom is -0.368 e. The fourth-order valence-electron chi connectivity index (χ4n) is 2.21. The van der Waals surface area contributed by atoms with E-state index in [2.05, 4.69) is 27.4 Å². The number of primary amides is 1. The second kappa shape index (κ2) is 8.12. The lowest BCUT2D eigenvalue weighted by Crippen LogP contribution is -2.19. The van der Waals surface area contributed by atoms with E-state index >= 15 is 0 Å². The zero-order chi connectivity index (χ0) is 15.8. The third-order valence-corrected chi connectivity index (χ3v) is 3.34. The van der Waals surface area contributed by atoms with Crippen LogP contribution in [0.5, 0.6) is 0 Å². The molecule has 2 rings (SSSR count). The number of rotatable bonds is 8. The first-order chi connectivity index (χ1) is 10.7. The maximum atomic E-state index is 11.5. The highest BCUT2D eigenvalue weighted by molar-refractivity contribution is 5.95. The average Bonchev–Trinajstić information content (AvgIpc) is 2.54. The van der Waals surface area contributed by atoms with Gasteiger partial charge >= 0.3 is 0 Å². The molecule has 0 fully saturated rings. The summed E-state index contributed by atoms with van der Waals surface area (Å²) in [5, 5.41) is 3.08. The smallest absolute Gasteiger partial charge is 0.271 e. The van der Waals surface area contributed by atoms with Crippen molar-refractivity contribution >= 4 is 11.7 Å². The maximum Gasteiger partial charge on any atom is 0.271 e. The second-order valence-electron chi connectivity index (χ2n) is 5.19. The fourth-order valence-corrected chi connectivity index (χ4v) is 2.21. The number of nitrogens with one attached hydrogen (secondary N) is 1. The SMILES string of the molecule is CCCNc1ncc(CCCc2ccccc2)nc1C(N)=O. The molecule has 0 saturated carbocycles. The molecule has 5 heteroatoms. The molecule has 3 N–H and O–H groups in total. The third-order valence-electron chi connectivity index (χ3n) is 3.34. The van der Waals surface area contributed by atoms with Gasteiger partial charge in [0.05, 0.1) is 11.9 Å². The van der Waals surface area contributed by atoms with Crippen LogP contribution >= 0.6 is 0 Å². The second-order valence-corrected chi connectivity index (χ2v) is 5.19. The molecule has 2 aromatic rings. The van der Waals surface area contributed by atoms with E-state index in [-0.39, 0.29) is 5.69 Å². The van der Waals surface area contributed by atoms with Crippen LogP contribution in [0.15, 0.2) is 36.5 Å². The number of carbonyl (C=O) groups excluding carboxylic acids is 1. The molecular weight excluding hydrogens is 276 g/mol. The minimum absolute atomic E-state index is 0.227. The van der Waals surface area contributed by atoms with E-state index in [1.807, 2.05) is 25.1 Å². The van der Waals surface area contributed by atoms with Crippen LogP contribution in [0, 0.1) is 0 Å². The average molecular weight is 298 g/mol. The van der Waals surface area contributed by atoms with E-state index in [9.17, 15) is 4.79 Å². The van der Waals surface area contributed by atoms with Crippen molar-refractivity contribution in [3.8, 4) is 0 Å². The van der Waals surface area contributed by atoms with Gasteiger partial charge in [-0.25, -0.2) is 9.97 Å². The number of aromatic nitrogens is 2. The van der Waals surface area contributed by atoms with Gasteiger partial charge in [-0.15, -0.1) is 0 Å². The van der Waals surface area contributed by atoms with Gasteiger partial charge in [0.25, 0.3) is 5.91 Å². The Kier molecular flexibility index (Phi) is 5.89. The lowest BCUT2D eigenvalue weighted by atomic mass is 10.1. The maximum absolute atomic E-state index is 11.5. The van der Waals surface area contributed by atoms with Gasteiger partial charge in [0, 0.05) is 6.54 Å². The molecule has 0 unspecified atom stereocenters. The first kappa shape index (κ1) is 15.9. The number of anilines is 1. The highest BCUT2D eigenvalue weighted by atomic mass is 16.1. The first-order valence-electron chi connectivity index (χ1n) is 7.64. The number of hydrogen-bond donors (Lipinski definition) is 2. The molecule has 1 heterocycles. The highest BCUT2D eigenvalue weighted by Gasteiger charge is 2.12. The summed E-state index contributed by atoms with van der Waals surface area (Å²) in [6, 6.07) is 10.3. The number of nitrogens with two attached hydrogens (primary N) is 1. The Hall–Kier alpha value is -2.43. The number of aryl methyl sites for hydroxylation is 2. The molecule has 0 aliphatic rings. The van der Waals surface area contributed by atoms with Gasteiger partial charge in [-0.3, -0.25) is 4.79 Å². The molecule has 116 valence electrons. The van der Waals surface area contributed by atoms with Gasteiger partial charge in [-0.05, 0) is 31.2 Å².